The van der Waals surface area contributed by atoms with Crippen LogP contribution in [0.5, 0.6) is 0 Å². The molecule has 0 aliphatic carbocycles. The minimum absolute atomic E-state index is 0.0566. The Morgan fingerprint density at radius 2 is 1.32 bits per heavy atom. The van der Waals surface area contributed by atoms with E-state index in [1.54, 1.807) is 0 Å². The Morgan fingerprint density at radius 3 is 1.77 bits per heavy atom. The van der Waals surface area contributed by atoms with Crippen LogP contribution < -0.4 is 10.6 Å². The normalized spacial score (nSPS) is 16.2. The number of hydrogen-bond donors (Lipinski definition) is 2. The van der Waals surface area contributed by atoms with Crippen LogP contribution in [0.2, 0.25) is 0 Å². The highest BCUT2D eigenvalue weighted by molar-refractivity contribution is 7.45. The van der Waals surface area contributed by atoms with E-state index in [1.807, 2.05) is 21.1 Å². The molecule has 3 atom stereocenters. The number of phosphoric acid groups is 1. The van der Waals surface area contributed by atoms with Crippen LogP contribution in [0, 0.1) is 0 Å². The Morgan fingerprint density at radius 1 is 0.871 bits per heavy atom. The minimum atomic E-state index is -4.38. The second-order valence-corrected chi connectivity index (χ2v) is 11.3. The molecule has 0 radical (unpaired) electrons. The Kier molecular flexibility index (Phi) is 18.4. The van der Waals surface area contributed by atoms with Gasteiger partial charge in [0.05, 0.1) is 39.9 Å². The first kappa shape index (κ1) is 31.0. The molecule has 0 spiro atoms. The first-order valence-corrected chi connectivity index (χ1v) is 13.9. The Hall–Kier alpha value is -0.0100. The number of quaternary nitrogens is 1. The van der Waals surface area contributed by atoms with Gasteiger partial charge in [0, 0.05) is 0 Å². The second kappa shape index (κ2) is 18.4. The fourth-order valence-corrected chi connectivity index (χ4v) is 4.07. The van der Waals surface area contributed by atoms with Gasteiger partial charge in [-0.3, -0.25) is 4.57 Å². The fraction of sp³-hybridized carbons (Fsp3) is 1.00. The largest absolute Gasteiger partial charge is 0.756 e. The smallest absolute Gasteiger partial charge is 0.268 e. The van der Waals surface area contributed by atoms with Crippen LogP contribution in [-0.4, -0.2) is 62.6 Å². The summed E-state index contributed by atoms with van der Waals surface area (Å²) in [5.74, 6) is 0. The van der Waals surface area contributed by atoms with Crippen LogP contribution in [-0.2, 0) is 13.6 Å². The summed E-state index contributed by atoms with van der Waals surface area (Å²) in [4.78, 5) is 11.8. The number of aliphatic hydroxyl groups is 1. The average molecular weight is 467 g/mol. The van der Waals surface area contributed by atoms with E-state index in [0.29, 0.717) is 17.4 Å². The first-order chi connectivity index (χ1) is 14.6. The van der Waals surface area contributed by atoms with E-state index in [1.165, 1.54) is 70.6 Å². The van der Waals surface area contributed by atoms with E-state index >= 15 is 0 Å². The molecule has 0 amide bonds. The maximum Gasteiger partial charge on any atom is 0.268 e. The summed E-state index contributed by atoms with van der Waals surface area (Å²) in [6.07, 6.45) is 16.3. The van der Waals surface area contributed by atoms with Crippen LogP contribution >= 0.6 is 7.82 Å². The van der Waals surface area contributed by atoms with Crippen molar-refractivity contribution in [2.24, 2.45) is 5.73 Å². The Bertz CT molecular complexity index is 460. The number of likely N-dealkylation sites (N-methyl/N-ethyl adjacent to an activating group) is 1. The molecule has 8 heteroatoms. The Balaban J connectivity index is 3.62. The quantitative estimate of drug-likeness (QED) is 0.139. The van der Waals surface area contributed by atoms with Gasteiger partial charge in [0.1, 0.15) is 13.2 Å². The zero-order valence-corrected chi connectivity index (χ0v) is 21.6. The number of nitrogens with two attached hydrogens (primary N) is 1. The van der Waals surface area contributed by atoms with Crippen molar-refractivity contribution in [1.82, 2.24) is 0 Å². The van der Waals surface area contributed by atoms with Crippen LogP contribution in [0.1, 0.15) is 96.8 Å². The molecule has 0 rings (SSSR count). The second-order valence-electron chi connectivity index (χ2n) is 9.85. The van der Waals surface area contributed by atoms with Crippen molar-refractivity contribution >= 4 is 7.82 Å². The summed E-state index contributed by atoms with van der Waals surface area (Å²) in [6, 6.07) is -0.735. The van der Waals surface area contributed by atoms with Crippen molar-refractivity contribution < 1.29 is 28.1 Å². The molecule has 0 heterocycles. The molecule has 0 bridgehead atoms. The molecule has 0 aromatic heterocycles. The number of hydrogen-bond acceptors (Lipinski definition) is 6. The molecule has 3 unspecified atom stereocenters. The number of phosphoric ester groups is 1. The van der Waals surface area contributed by atoms with E-state index in [2.05, 4.69) is 6.92 Å². The predicted molar refractivity (Wildman–Crippen MR) is 127 cm³/mol. The lowest BCUT2D eigenvalue weighted by Gasteiger charge is -2.28. The van der Waals surface area contributed by atoms with Gasteiger partial charge in [0.25, 0.3) is 7.82 Å². The molecule has 0 saturated heterocycles. The van der Waals surface area contributed by atoms with Crippen LogP contribution in [0.15, 0.2) is 0 Å². The molecular weight excluding hydrogens is 415 g/mol. The predicted octanol–water partition coefficient (Wildman–Crippen LogP) is 4.36. The van der Waals surface area contributed by atoms with Crippen LogP contribution in [0.3, 0.4) is 0 Å². The van der Waals surface area contributed by atoms with Crippen molar-refractivity contribution in [3.05, 3.63) is 0 Å². The summed E-state index contributed by atoms with van der Waals surface area (Å²) in [7, 11) is 1.46. The summed E-state index contributed by atoms with van der Waals surface area (Å²) in [6.45, 7) is 2.59. The molecule has 7 nitrogen and oxygen atoms in total. The van der Waals surface area contributed by atoms with Gasteiger partial charge < -0.3 is 29.3 Å². The third-order valence-electron chi connectivity index (χ3n) is 5.53. The Labute approximate surface area is 191 Å². The summed E-state index contributed by atoms with van der Waals surface area (Å²) >= 11 is 0. The molecular formula is C23H51N2O5P. The molecule has 188 valence electrons. The van der Waals surface area contributed by atoms with Gasteiger partial charge in [0.2, 0.25) is 0 Å². The van der Waals surface area contributed by atoms with Crippen molar-refractivity contribution in [3.63, 3.8) is 0 Å². The third kappa shape index (κ3) is 21.6. The average Bonchev–Trinajstić information content (AvgIpc) is 2.68. The maximum atomic E-state index is 11.8. The lowest BCUT2D eigenvalue weighted by molar-refractivity contribution is -0.870. The topological polar surface area (TPSA) is 105 Å². The molecule has 31 heavy (non-hydrogen) atoms. The molecule has 0 aromatic carbocycles. The van der Waals surface area contributed by atoms with Gasteiger partial charge in [-0.15, -0.1) is 0 Å². The van der Waals surface area contributed by atoms with E-state index in [-0.39, 0.29) is 13.2 Å². The van der Waals surface area contributed by atoms with E-state index in [4.69, 9.17) is 14.8 Å². The summed E-state index contributed by atoms with van der Waals surface area (Å²) in [5.41, 5.74) is 5.88. The number of unbranched alkanes of at least 4 members (excludes halogenated alkanes) is 12. The van der Waals surface area contributed by atoms with Gasteiger partial charge in [0.15, 0.2) is 0 Å². The summed E-state index contributed by atoms with van der Waals surface area (Å²) < 4.78 is 22.0. The SMILES string of the molecule is CCCCCCCCCCCCCCCC(O)C(N)COP(=O)([O-])OCC[N+](C)(C)C. The van der Waals surface area contributed by atoms with Gasteiger partial charge in [-0.1, -0.05) is 90.4 Å². The van der Waals surface area contributed by atoms with Gasteiger partial charge in [-0.05, 0) is 6.42 Å². The highest BCUT2D eigenvalue weighted by atomic mass is 31.2. The molecule has 0 aliphatic rings. The zero-order chi connectivity index (χ0) is 23.6. The van der Waals surface area contributed by atoms with Crippen LogP contribution in [0.4, 0.5) is 0 Å². The molecule has 0 saturated carbocycles. The maximum absolute atomic E-state index is 11.8. The molecule has 0 aliphatic heterocycles. The van der Waals surface area contributed by atoms with Crippen molar-refractivity contribution in [2.75, 3.05) is 40.9 Å². The van der Waals surface area contributed by atoms with Crippen LogP contribution in [0.25, 0.3) is 0 Å². The van der Waals surface area contributed by atoms with E-state index in [9.17, 15) is 14.6 Å². The third-order valence-corrected chi connectivity index (χ3v) is 6.50. The number of aliphatic hydroxyl groups excluding tert-OH is 1. The van der Waals surface area contributed by atoms with E-state index in [0.717, 1.165) is 12.8 Å². The van der Waals surface area contributed by atoms with E-state index < -0.39 is 20.0 Å². The molecule has 0 fully saturated rings. The van der Waals surface area contributed by atoms with Crippen molar-refractivity contribution in [2.45, 2.75) is 109 Å². The lowest BCUT2D eigenvalue weighted by Crippen LogP contribution is -2.39. The monoisotopic (exact) mass is 466 g/mol. The highest BCUT2D eigenvalue weighted by Gasteiger charge is 2.19. The first-order valence-electron chi connectivity index (χ1n) is 12.4. The van der Waals surface area contributed by atoms with Gasteiger partial charge in [-0.2, -0.15) is 0 Å². The lowest BCUT2D eigenvalue weighted by atomic mass is 10.0. The number of rotatable bonds is 22. The van der Waals surface area contributed by atoms with Gasteiger partial charge in [-0.25, -0.2) is 0 Å². The summed E-state index contributed by atoms with van der Waals surface area (Å²) in [5, 5.41) is 10.1. The van der Waals surface area contributed by atoms with Crippen molar-refractivity contribution in [3.8, 4) is 0 Å². The standard InChI is InChI=1S/C23H51N2O5P/c1-5-6-7-8-9-10-11-12-13-14-15-16-17-18-23(26)22(24)21-30-31(27,28)29-20-19-25(2,3)4/h22-23,26H,5-21,24H2,1-4H3. The minimum Gasteiger partial charge on any atom is -0.756 e. The molecule has 3 N–H and O–H groups in total. The van der Waals surface area contributed by atoms with Crippen molar-refractivity contribution in [1.29, 1.82) is 0 Å². The zero-order valence-electron chi connectivity index (χ0n) is 20.7. The number of nitrogens with zero attached hydrogens (tertiary/aromatic N) is 1. The van der Waals surface area contributed by atoms with Gasteiger partial charge >= 0.3 is 0 Å². The highest BCUT2D eigenvalue weighted by Crippen LogP contribution is 2.38. The molecule has 0 aromatic rings. The fourth-order valence-electron chi connectivity index (χ4n) is 3.34.